The number of aryl methyl sites for hydroxylation is 1. The zero-order valence-electron chi connectivity index (χ0n) is 23.8. The number of benzene rings is 4. The summed E-state index contributed by atoms with van der Waals surface area (Å²) in [5.74, 6) is 0.880. The third kappa shape index (κ3) is 4.31. The van der Waals surface area contributed by atoms with E-state index < -0.39 is 0 Å². The Morgan fingerprint density at radius 2 is 1.55 bits per heavy atom. The van der Waals surface area contributed by atoms with Gasteiger partial charge < -0.3 is 4.57 Å². The van der Waals surface area contributed by atoms with Gasteiger partial charge >= 0.3 is 0 Å². The van der Waals surface area contributed by atoms with Crippen LogP contribution in [0.1, 0.15) is 55.8 Å². The van der Waals surface area contributed by atoms with E-state index in [1.165, 1.54) is 82.0 Å². The van der Waals surface area contributed by atoms with E-state index in [4.69, 9.17) is 0 Å². The van der Waals surface area contributed by atoms with E-state index in [0.29, 0.717) is 0 Å². The highest BCUT2D eigenvalue weighted by Crippen LogP contribution is 2.46. The van der Waals surface area contributed by atoms with Gasteiger partial charge in [0, 0.05) is 40.8 Å². The minimum atomic E-state index is -0.149. The molecular weight excluding hydrogens is 484 g/mol. The SMILES string of the molecule is C[N+]1=C(C=Cc2cc3ccccc3n2CCC2CCCC2)C(C)(Cc2ccccc2)c2c1ccc1ccccc21. The van der Waals surface area contributed by atoms with Gasteiger partial charge in [0.2, 0.25) is 5.69 Å². The van der Waals surface area contributed by atoms with E-state index in [9.17, 15) is 0 Å². The minimum Gasteiger partial charge on any atom is -0.341 e. The van der Waals surface area contributed by atoms with Gasteiger partial charge in [-0.1, -0.05) is 98.5 Å². The first-order chi connectivity index (χ1) is 19.6. The maximum Gasteiger partial charge on any atom is 0.210 e. The molecule has 0 spiro atoms. The molecule has 7 rings (SSSR count). The van der Waals surface area contributed by atoms with Gasteiger partial charge in [-0.25, -0.2) is 0 Å². The summed E-state index contributed by atoms with van der Waals surface area (Å²) in [5, 5.41) is 4.00. The van der Waals surface area contributed by atoms with Crippen LogP contribution in [0.2, 0.25) is 0 Å². The smallest absolute Gasteiger partial charge is 0.210 e. The fourth-order valence-electron chi connectivity index (χ4n) is 7.62. The van der Waals surface area contributed by atoms with Crippen LogP contribution in [0.5, 0.6) is 0 Å². The first-order valence-electron chi connectivity index (χ1n) is 15.1. The molecule has 0 amide bonds. The third-order valence-electron chi connectivity index (χ3n) is 9.64. The van der Waals surface area contributed by atoms with Crippen molar-refractivity contribution in [2.24, 2.45) is 5.92 Å². The number of nitrogens with zero attached hydrogens (tertiary/aromatic N) is 2. The van der Waals surface area contributed by atoms with Gasteiger partial charge in [0.1, 0.15) is 7.05 Å². The van der Waals surface area contributed by atoms with Crippen molar-refractivity contribution in [2.45, 2.75) is 57.4 Å². The van der Waals surface area contributed by atoms with E-state index >= 15 is 0 Å². The molecule has 0 N–H and O–H groups in total. The predicted octanol–water partition coefficient (Wildman–Crippen LogP) is 9.32. The van der Waals surface area contributed by atoms with Crippen molar-refractivity contribution >= 4 is 39.2 Å². The highest BCUT2D eigenvalue weighted by Gasteiger charge is 2.47. The Labute approximate surface area is 238 Å². The topological polar surface area (TPSA) is 7.94 Å². The molecule has 0 bridgehead atoms. The average Bonchev–Trinajstić information content (AvgIpc) is 3.68. The lowest BCUT2D eigenvalue weighted by atomic mass is 9.73. The second-order valence-corrected chi connectivity index (χ2v) is 12.2. The molecule has 1 aliphatic carbocycles. The van der Waals surface area contributed by atoms with Crippen molar-refractivity contribution < 1.29 is 4.58 Å². The van der Waals surface area contributed by atoms with Crippen LogP contribution in [-0.4, -0.2) is 21.9 Å². The number of fused-ring (bicyclic) bond motifs is 4. The van der Waals surface area contributed by atoms with Crippen LogP contribution in [0.25, 0.3) is 27.8 Å². The van der Waals surface area contributed by atoms with Crippen molar-refractivity contribution in [1.29, 1.82) is 0 Å². The molecule has 1 aliphatic heterocycles. The van der Waals surface area contributed by atoms with Crippen LogP contribution in [0.4, 0.5) is 5.69 Å². The first kappa shape index (κ1) is 25.1. The summed E-state index contributed by atoms with van der Waals surface area (Å²) in [6.45, 7) is 3.54. The molecule has 1 saturated carbocycles. The Morgan fingerprint density at radius 1 is 0.825 bits per heavy atom. The zero-order chi connectivity index (χ0) is 27.1. The number of hydrogen-bond donors (Lipinski definition) is 0. The quantitative estimate of drug-likeness (QED) is 0.188. The van der Waals surface area contributed by atoms with E-state index in [1.54, 1.807) is 0 Å². The van der Waals surface area contributed by atoms with Gasteiger partial charge in [-0.05, 0) is 66.3 Å². The monoisotopic (exact) mass is 523 g/mol. The van der Waals surface area contributed by atoms with Gasteiger partial charge in [0.05, 0.1) is 5.41 Å². The van der Waals surface area contributed by atoms with Gasteiger partial charge in [-0.2, -0.15) is 4.58 Å². The molecule has 4 aromatic carbocycles. The number of allylic oxidation sites excluding steroid dienone is 1. The highest BCUT2D eigenvalue weighted by molar-refractivity contribution is 6.09. The summed E-state index contributed by atoms with van der Waals surface area (Å²) in [4.78, 5) is 0. The summed E-state index contributed by atoms with van der Waals surface area (Å²) in [5.41, 5.74) is 8.00. The number of hydrogen-bond acceptors (Lipinski definition) is 0. The molecule has 200 valence electrons. The molecule has 1 fully saturated rings. The number of aromatic nitrogens is 1. The van der Waals surface area contributed by atoms with E-state index in [1.807, 2.05) is 0 Å². The summed E-state index contributed by atoms with van der Waals surface area (Å²) in [6.07, 6.45) is 12.7. The molecule has 1 atom stereocenters. The highest BCUT2D eigenvalue weighted by atomic mass is 15.0. The van der Waals surface area contributed by atoms with Crippen LogP contribution < -0.4 is 0 Å². The Kier molecular flexibility index (Phi) is 6.42. The van der Waals surface area contributed by atoms with Crippen molar-refractivity contribution in [3.63, 3.8) is 0 Å². The summed E-state index contributed by atoms with van der Waals surface area (Å²) < 4.78 is 5.00. The van der Waals surface area contributed by atoms with Crippen LogP contribution >= 0.6 is 0 Å². The molecule has 2 aliphatic rings. The van der Waals surface area contributed by atoms with Crippen molar-refractivity contribution in [3.8, 4) is 0 Å². The van der Waals surface area contributed by atoms with Crippen molar-refractivity contribution in [2.75, 3.05) is 7.05 Å². The average molecular weight is 524 g/mol. The molecule has 2 nitrogen and oxygen atoms in total. The summed E-state index contributed by atoms with van der Waals surface area (Å²) in [6, 6.07) is 35.8. The lowest BCUT2D eigenvalue weighted by Gasteiger charge is -2.24. The van der Waals surface area contributed by atoms with E-state index in [-0.39, 0.29) is 5.41 Å². The molecule has 1 aromatic heterocycles. The number of rotatable bonds is 7. The Bertz CT molecular complexity index is 1750. The normalized spacial score (nSPS) is 19.4. The molecule has 0 radical (unpaired) electrons. The van der Waals surface area contributed by atoms with Gasteiger partial charge in [-0.15, -0.1) is 0 Å². The predicted molar refractivity (Wildman–Crippen MR) is 170 cm³/mol. The molecule has 40 heavy (non-hydrogen) atoms. The van der Waals surface area contributed by atoms with Crippen molar-refractivity contribution in [1.82, 2.24) is 4.57 Å². The van der Waals surface area contributed by atoms with E-state index in [2.05, 4.69) is 132 Å². The third-order valence-corrected chi connectivity index (χ3v) is 9.64. The van der Waals surface area contributed by atoms with Crippen LogP contribution in [0.15, 0.2) is 103 Å². The fourth-order valence-corrected chi connectivity index (χ4v) is 7.62. The second kappa shape index (κ2) is 10.2. The molecule has 2 heteroatoms. The van der Waals surface area contributed by atoms with Gasteiger partial charge in [0.15, 0.2) is 5.71 Å². The first-order valence-corrected chi connectivity index (χ1v) is 15.1. The maximum atomic E-state index is 2.57. The Morgan fingerprint density at radius 3 is 2.38 bits per heavy atom. The summed E-state index contributed by atoms with van der Waals surface area (Å²) >= 11 is 0. The van der Waals surface area contributed by atoms with Crippen LogP contribution in [0, 0.1) is 5.92 Å². The molecule has 1 unspecified atom stereocenters. The molecular formula is C38H39N2+. The summed E-state index contributed by atoms with van der Waals surface area (Å²) in [7, 11) is 2.25. The van der Waals surface area contributed by atoms with Gasteiger partial charge in [0.25, 0.3) is 0 Å². The minimum absolute atomic E-state index is 0.149. The molecule has 5 aromatic rings. The largest absolute Gasteiger partial charge is 0.341 e. The zero-order valence-corrected chi connectivity index (χ0v) is 23.8. The van der Waals surface area contributed by atoms with Gasteiger partial charge in [-0.3, -0.25) is 0 Å². The number of para-hydroxylation sites is 1. The standard InChI is InChI=1S/C38H39N2/c1-38(27-29-14-4-3-5-15-29)36(39(2)35-22-20-30-16-8-10-18-33(30)37(35)38)23-21-32-26-31-17-9-11-19-34(31)40(32)25-24-28-12-6-7-13-28/h3-5,8-11,14-23,26,28H,6-7,12-13,24-25,27H2,1-2H3/q+1. The lowest BCUT2D eigenvalue weighted by Crippen LogP contribution is -2.33. The maximum absolute atomic E-state index is 2.57. The van der Waals surface area contributed by atoms with Crippen molar-refractivity contribution in [3.05, 3.63) is 120 Å². The second-order valence-electron chi connectivity index (χ2n) is 12.2. The van der Waals surface area contributed by atoms with E-state index in [0.717, 1.165) is 18.9 Å². The molecule has 0 saturated heterocycles. The Hall–Kier alpha value is -3.91. The van der Waals surface area contributed by atoms with Crippen LogP contribution in [-0.2, 0) is 18.4 Å². The Balaban J connectivity index is 1.33. The molecule has 2 heterocycles. The fraction of sp³-hybridized carbons (Fsp3) is 0.289. The van der Waals surface area contributed by atoms with Crippen LogP contribution in [0.3, 0.4) is 0 Å². The lowest BCUT2D eigenvalue weighted by molar-refractivity contribution is -0.401.